The second kappa shape index (κ2) is 8.36. The van der Waals surface area contributed by atoms with Crippen LogP contribution in [-0.4, -0.2) is 57.0 Å². The molecular weight excluding hydrogens is 456 g/mol. The smallest absolute Gasteiger partial charge is 0.267 e. The van der Waals surface area contributed by atoms with E-state index in [1.165, 1.54) is 15.4 Å². The van der Waals surface area contributed by atoms with Crippen molar-refractivity contribution in [3.05, 3.63) is 44.7 Å². The first-order valence-electron chi connectivity index (χ1n) is 9.95. The van der Waals surface area contributed by atoms with Crippen molar-refractivity contribution in [3.8, 4) is 0 Å². The lowest BCUT2D eigenvalue weighted by Gasteiger charge is -2.20. The largest absolute Gasteiger partial charge is 0.369 e. The molecule has 0 aromatic carbocycles. The SMILES string of the molecule is CCCNc1nc2c(C)cccn2c(=O)c1/C=C1/SC(=S)N(C2CCS(=O)(=O)C2)C1=O. The number of pyridine rings is 1. The normalized spacial score (nSPS) is 22.1. The number of hydrogen-bond donors (Lipinski definition) is 1. The summed E-state index contributed by atoms with van der Waals surface area (Å²) in [6.45, 7) is 4.51. The quantitative estimate of drug-likeness (QED) is 0.516. The summed E-state index contributed by atoms with van der Waals surface area (Å²) in [5, 5.41) is 3.18. The standard InChI is InChI=1S/C20H22N4O4S3/c1-3-7-21-16-14(18(25)23-8-4-5-12(2)17(23)22-16)10-15-19(26)24(20(29)30-15)13-6-9-31(27,28)11-13/h4-5,8,10,13,21H,3,6-7,9,11H2,1-2H3/b15-10+. The van der Waals surface area contributed by atoms with Crippen molar-refractivity contribution < 1.29 is 13.2 Å². The zero-order valence-corrected chi connectivity index (χ0v) is 19.6. The number of hydrogen-bond acceptors (Lipinski definition) is 8. The molecule has 31 heavy (non-hydrogen) atoms. The maximum absolute atomic E-state index is 13.3. The number of thiocarbonyl (C=S) groups is 1. The molecule has 8 nitrogen and oxygen atoms in total. The van der Waals surface area contributed by atoms with Gasteiger partial charge in [-0.1, -0.05) is 37.0 Å². The molecule has 0 bridgehead atoms. The molecule has 2 aromatic heterocycles. The average Bonchev–Trinajstić information content (AvgIpc) is 3.21. The number of amides is 1. The van der Waals surface area contributed by atoms with Gasteiger partial charge in [-0.25, -0.2) is 13.4 Å². The Hall–Kier alpha value is -2.24. The lowest BCUT2D eigenvalue weighted by atomic mass is 10.2. The molecule has 1 N–H and O–H groups in total. The second-order valence-electron chi connectivity index (χ2n) is 7.60. The van der Waals surface area contributed by atoms with E-state index in [0.717, 1.165) is 23.7 Å². The van der Waals surface area contributed by atoms with Crippen molar-refractivity contribution >= 4 is 61.6 Å². The molecule has 0 saturated carbocycles. The molecule has 164 valence electrons. The van der Waals surface area contributed by atoms with Gasteiger partial charge in [0.15, 0.2) is 9.84 Å². The van der Waals surface area contributed by atoms with Gasteiger partial charge < -0.3 is 5.32 Å². The molecule has 11 heteroatoms. The summed E-state index contributed by atoms with van der Waals surface area (Å²) in [6.07, 6.45) is 4.37. The average molecular weight is 479 g/mol. The summed E-state index contributed by atoms with van der Waals surface area (Å²) in [5.74, 6) is 0.00560. The molecule has 0 spiro atoms. The number of aryl methyl sites for hydroxylation is 1. The van der Waals surface area contributed by atoms with E-state index < -0.39 is 15.9 Å². The molecule has 0 aliphatic carbocycles. The summed E-state index contributed by atoms with van der Waals surface area (Å²) < 4.78 is 25.5. The van der Waals surface area contributed by atoms with Crippen LogP contribution in [0.5, 0.6) is 0 Å². The minimum Gasteiger partial charge on any atom is -0.369 e. The number of fused-ring (bicyclic) bond motifs is 1. The number of aromatic nitrogens is 2. The van der Waals surface area contributed by atoms with Gasteiger partial charge >= 0.3 is 0 Å². The first-order valence-corrected chi connectivity index (χ1v) is 13.0. The zero-order chi connectivity index (χ0) is 22.3. The number of rotatable bonds is 5. The summed E-state index contributed by atoms with van der Waals surface area (Å²) in [5.41, 5.74) is 1.39. The van der Waals surface area contributed by atoms with Gasteiger partial charge in [0.2, 0.25) is 0 Å². The Morgan fingerprint density at radius 1 is 1.39 bits per heavy atom. The Bertz CT molecular complexity index is 1280. The van der Waals surface area contributed by atoms with E-state index in [9.17, 15) is 18.0 Å². The van der Waals surface area contributed by atoms with Crippen LogP contribution in [0.15, 0.2) is 28.0 Å². The molecule has 2 aliphatic heterocycles. The van der Waals surface area contributed by atoms with Gasteiger partial charge in [-0.15, -0.1) is 0 Å². The fourth-order valence-corrected chi connectivity index (χ4v) is 6.81. The molecular formula is C20H22N4O4S3. The maximum atomic E-state index is 13.3. The van der Waals surface area contributed by atoms with Crippen LogP contribution < -0.4 is 10.9 Å². The Morgan fingerprint density at radius 2 is 2.16 bits per heavy atom. The van der Waals surface area contributed by atoms with Crippen LogP contribution in [0.25, 0.3) is 11.7 Å². The Labute approximate surface area is 189 Å². The number of nitrogens with zero attached hydrogens (tertiary/aromatic N) is 3. The van der Waals surface area contributed by atoms with Crippen LogP contribution in [-0.2, 0) is 14.6 Å². The van der Waals surface area contributed by atoms with Gasteiger partial charge in [-0.05, 0) is 37.5 Å². The third kappa shape index (κ3) is 4.13. The van der Waals surface area contributed by atoms with Crippen LogP contribution in [0, 0.1) is 6.92 Å². The lowest BCUT2D eigenvalue weighted by molar-refractivity contribution is -0.123. The number of anilines is 1. The highest BCUT2D eigenvalue weighted by Crippen LogP contribution is 2.36. The van der Waals surface area contributed by atoms with Crippen LogP contribution in [0.3, 0.4) is 0 Å². The van der Waals surface area contributed by atoms with Gasteiger partial charge in [0.25, 0.3) is 11.5 Å². The van der Waals surface area contributed by atoms with Gasteiger partial charge in [0, 0.05) is 12.7 Å². The van der Waals surface area contributed by atoms with Crippen LogP contribution in [0.4, 0.5) is 5.82 Å². The molecule has 2 aromatic rings. The summed E-state index contributed by atoms with van der Waals surface area (Å²) in [4.78, 5) is 32.6. The van der Waals surface area contributed by atoms with E-state index in [2.05, 4.69) is 10.3 Å². The lowest BCUT2D eigenvalue weighted by Crippen LogP contribution is -2.39. The minimum absolute atomic E-state index is 0.0498. The fraction of sp³-hybridized carbons (Fsp3) is 0.400. The van der Waals surface area contributed by atoms with Crippen molar-refractivity contribution in [3.63, 3.8) is 0 Å². The van der Waals surface area contributed by atoms with Crippen molar-refractivity contribution in [2.75, 3.05) is 23.4 Å². The number of nitrogens with one attached hydrogen (secondary N) is 1. The Balaban J connectivity index is 1.78. The molecule has 1 unspecified atom stereocenters. The Kier molecular flexibility index (Phi) is 5.93. The highest BCUT2D eigenvalue weighted by molar-refractivity contribution is 8.26. The molecule has 2 aliphatic rings. The monoisotopic (exact) mass is 478 g/mol. The number of sulfone groups is 1. The van der Waals surface area contributed by atoms with E-state index >= 15 is 0 Å². The molecule has 4 heterocycles. The zero-order valence-electron chi connectivity index (χ0n) is 17.1. The molecule has 1 atom stereocenters. The molecule has 2 fully saturated rings. The summed E-state index contributed by atoms with van der Waals surface area (Å²) in [7, 11) is -3.16. The third-order valence-corrected chi connectivity index (χ3v) is 8.38. The van der Waals surface area contributed by atoms with Crippen LogP contribution in [0.1, 0.15) is 30.9 Å². The molecule has 4 rings (SSSR count). The van der Waals surface area contributed by atoms with E-state index in [1.807, 2.05) is 19.9 Å². The Morgan fingerprint density at radius 3 is 2.84 bits per heavy atom. The van der Waals surface area contributed by atoms with Gasteiger partial charge in [-0.3, -0.25) is 18.9 Å². The summed E-state index contributed by atoms with van der Waals surface area (Å²) in [6, 6.07) is 3.19. The third-order valence-electron chi connectivity index (χ3n) is 5.30. The highest BCUT2D eigenvalue weighted by atomic mass is 32.2. The molecule has 2 saturated heterocycles. The number of carbonyl (C=O) groups excluding carboxylic acids is 1. The van der Waals surface area contributed by atoms with Crippen LogP contribution >= 0.6 is 24.0 Å². The van der Waals surface area contributed by atoms with Gasteiger partial charge in [0.05, 0.1) is 28.0 Å². The van der Waals surface area contributed by atoms with Gasteiger partial charge in [0.1, 0.15) is 15.8 Å². The van der Waals surface area contributed by atoms with E-state index in [4.69, 9.17) is 12.2 Å². The summed E-state index contributed by atoms with van der Waals surface area (Å²) >= 11 is 6.45. The van der Waals surface area contributed by atoms with Crippen molar-refractivity contribution in [1.82, 2.24) is 14.3 Å². The van der Waals surface area contributed by atoms with E-state index in [1.54, 1.807) is 12.3 Å². The predicted molar refractivity (Wildman–Crippen MR) is 127 cm³/mol. The molecule has 0 radical (unpaired) electrons. The van der Waals surface area contributed by atoms with E-state index in [-0.39, 0.29) is 28.5 Å². The highest BCUT2D eigenvalue weighted by Gasteiger charge is 2.42. The topological polar surface area (TPSA) is 101 Å². The maximum Gasteiger partial charge on any atom is 0.267 e. The van der Waals surface area contributed by atoms with Gasteiger partial charge in [-0.2, -0.15) is 0 Å². The van der Waals surface area contributed by atoms with Crippen LogP contribution in [0.2, 0.25) is 0 Å². The number of carbonyl (C=O) groups is 1. The predicted octanol–water partition coefficient (Wildman–Crippen LogP) is 2.21. The molecule has 1 amide bonds. The fourth-order valence-electron chi connectivity index (χ4n) is 3.72. The van der Waals surface area contributed by atoms with E-state index in [0.29, 0.717) is 33.7 Å². The minimum atomic E-state index is -3.16. The van der Waals surface area contributed by atoms with Crippen molar-refractivity contribution in [2.24, 2.45) is 0 Å². The van der Waals surface area contributed by atoms with Crippen molar-refractivity contribution in [2.45, 2.75) is 32.7 Å². The second-order valence-corrected chi connectivity index (χ2v) is 11.5. The first kappa shape index (κ1) is 22.0. The van der Waals surface area contributed by atoms with Crippen molar-refractivity contribution in [1.29, 1.82) is 0 Å². The first-order chi connectivity index (χ1) is 14.7. The number of thioether (sulfide) groups is 1.